The summed E-state index contributed by atoms with van der Waals surface area (Å²) in [4.78, 5) is 59.7. The fraction of sp³-hybridized carbons (Fsp3) is 0.441. The third-order valence-corrected chi connectivity index (χ3v) is 9.85. The second-order valence-electron chi connectivity index (χ2n) is 12.4. The Hall–Kier alpha value is -4.59. The zero-order valence-corrected chi connectivity index (χ0v) is 28.0. The van der Waals surface area contributed by atoms with Crippen LogP contribution < -0.4 is 10.7 Å². The van der Waals surface area contributed by atoms with Gasteiger partial charge in [0, 0.05) is 35.7 Å². The van der Waals surface area contributed by atoms with Crippen LogP contribution in [0.4, 0.5) is 18.9 Å². The Balaban J connectivity index is 0.00000205. The molecule has 0 bridgehead atoms. The molecule has 49 heavy (non-hydrogen) atoms. The molecule has 4 heterocycles. The maximum Gasteiger partial charge on any atom is 0.416 e. The topological polar surface area (TPSA) is 143 Å². The maximum atomic E-state index is 14.2. The number of rotatable bonds is 5. The first-order valence-corrected chi connectivity index (χ1v) is 16.6. The molecule has 0 unspecified atom stereocenters. The van der Waals surface area contributed by atoms with Crippen LogP contribution in [-0.4, -0.2) is 59.4 Å². The summed E-state index contributed by atoms with van der Waals surface area (Å²) < 4.78 is 41.1. The molecule has 2 amide bonds. The lowest BCUT2D eigenvalue weighted by Gasteiger charge is -2.39. The number of aryl methyl sites for hydroxylation is 1. The van der Waals surface area contributed by atoms with Gasteiger partial charge in [0.1, 0.15) is 12.9 Å². The number of carbonyl (C=O) groups excluding carboxylic acids is 2. The Morgan fingerprint density at radius 3 is 2.47 bits per heavy atom. The fourth-order valence-corrected chi connectivity index (χ4v) is 7.06. The zero-order chi connectivity index (χ0) is 35.2. The molecule has 4 aromatic rings. The van der Waals surface area contributed by atoms with Crippen LogP contribution in [0.5, 0.6) is 5.75 Å². The molecule has 3 aromatic heterocycles. The van der Waals surface area contributed by atoms with E-state index in [4.69, 9.17) is 16.6 Å². The van der Waals surface area contributed by atoms with Crippen LogP contribution in [0.2, 0.25) is 5.02 Å². The summed E-state index contributed by atoms with van der Waals surface area (Å²) in [6, 6.07) is 2.70. The molecule has 0 atom stereocenters. The lowest BCUT2D eigenvalue weighted by atomic mass is 9.73. The number of pyridine rings is 1. The molecule has 2 fully saturated rings. The summed E-state index contributed by atoms with van der Waals surface area (Å²) in [6.07, 6.45) is 2.20. The van der Waals surface area contributed by atoms with E-state index >= 15 is 0 Å². The molecule has 0 radical (unpaired) electrons. The molecule has 1 saturated heterocycles. The number of carbonyl (C=O) groups is 2. The van der Waals surface area contributed by atoms with Gasteiger partial charge in [0.25, 0.3) is 5.91 Å². The van der Waals surface area contributed by atoms with Gasteiger partial charge in [-0.15, -0.1) is 0 Å². The first kappa shape index (κ1) is 34.3. The van der Waals surface area contributed by atoms with Gasteiger partial charge in [-0.3, -0.25) is 14.4 Å². The van der Waals surface area contributed by atoms with Crippen LogP contribution >= 0.6 is 11.6 Å². The summed E-state index contributed by atoms with van der Waals surface area (Å²) in [6.45, 7) is 5.94. The molecule has 1 aliphatic heterocycles. The van der Waals surface area contributed by atoms with Crippen molar-refractivity contribution in [1.82, 2.24) is 29.4 Å². The van der Waals surface area contributed by atoms with Gasteiger partial charge in [0.2, 0.25) is 11.3 Å². The highest BCUT2D eigenvalue weighted by Crippen LogP contribution is 2.46. The van der Waals surface area contributed by atoms with Gasteiger partial charge in [0.05, 0.1) is 33.9 Å². The number of anilines is 1. The first-order chi connectivity index (χ1) is 23.4. The molecular formula is C34H35ClF3N7O4. The van der Waals surface area contributed by atoms with Gasteiger partial charge < -0.3 is 19.9 Å². The Morgan fingerprint density at radius 1 is 1.10 bits per heavy atom. The van der Waals surface area contributed by atoms with E-state index in [9.17, 15) is 32.7 Å². The molecule has 11 nitrogen and oxygen atoms in total. The number of alkyl halides is 3. The number of aromatic nitrogens is 5. The standard InChI is InChI=1S/C32H29ClF3N7O4.C2H6/c1-16-27(45)26(39-15-38-16)30(47)42-10-8-31(9-11-42)7-6-22-24(31)28(46)25-29(37-13-21(41-25)17-2-3-17)43(22)14-23(44)40-20-5-4-18(12-19(20)33)32(34,35)36;1-2/h4-5,12-13,15,17,45H,2-3,6-11,14H2,1H3,(H,40,44);1-2H3. The predicted octanol–water partition coefficient (Wildman–Crippen LogP) is 5.93. The highest BCUT2D eigenvalue weighted by Gasteiger charge is 2.46. The summed E-state index contributed by atoms with van der Waals surface area (Å²) in [7, 11) is 0. The SMILES string of the molecule is CC.Cc1ncnc(C(=O)N2CCC3(CCc4c3c(=O)c3nc(C5CC5)cnc3n4CC(=O)Nc3ccc(C(F)(F)F)cc3Cl)CC2)c1O. The summed E-state index contributed by atoms with van der Waals surface area (Å²) in [5.41, 5.74) is 0.826. The molecule has 1 saturated carbocycles. The van der Waals surface area contributed by atoms with Crippen molar-refractivity contribution in [2.24, 2.45) is 0 Å². The van der Waals surface area contributed by atoms with Crippen molar-refractivity contribution >= 4 is 40.3 Å². The van der Waals surface area contributed by atoms with Crippen molar-refractivity contribution < 1.29 is 27.9 Å². The predicted molar refractivity (Wildman–Crippen MR) is 176 cm³/mol. The van der Waals surface area contributed by atoms with Gasteiger partial charge in [-0.05, 0) is 63.6 Å². The van der Waals surface area contributed by atoms with E-state index in [2.05, 4.69) is 20.3 Å². The minimum atomic E-state index is -4.59. The van der Waals surface area contributed by atoms with Gasteiger partial charge in [-0.2, -0.15) is 13.2 Å². The van der Waals surface area contributed by atoms with Crippen LogP contribution in [-0.2, 0) is 29.4 Å². The highest BCUT2D eigenvalue weighted by molar-refractivity contribution is 6.33. The molecule has 15 heteroatoms. The molecule has 1 aromatic carbocycles. The first-order valence-electron chi connectivity index (χ1n) is 16.3. The van der Waals surface area contributed by atoms with Gasteiger partial charge in [0.15, 0.2) is 22.6 Å². The van der Waals surface area contributed by atoms with Crippen LogP contribution in [0.15, 0.2) is 35.5 Å². The van der Waals surface area contributed by atoms with Crippen molar-refractivity contribution in [2.45, 2.75) is 83.4 Å². The second-order valence-corrected chi connectivity index (χ2v) is 12.9. The van der Waals surface area contributed by atoms with Gasteiger partial charge >= 0.3 is 6.18 Å². The zero-order valence-electron chi connectivity index (χ0n) is 27.2. The molecule has 2 N–H and O–H groups in total. The number of aromatic hydroxyl groups is 1. The number of piperidine rings is 1. The van der Waals surface area contributed by atoms with Gasteiger partial charge in [-0.25, -0.2) is 19.9 Å². The molecule has 2 aliphatic carbocycles. The van der Waals surface area contributed by atoms with Crippen molar-refractivity contribution in [2.75, 3.05) is 18.4 Å². The highest BCUT2D eigenvalue weighted by atomic mass is 35.5. The molecular weight excluding hydrogens is 663 g/mol. The fourth-order valence-electron chi connectivity index (χ4n) is 6.83. The number of nitrogens with one attached hydrogen (secondary N) is 1. The smallest absolute Gasteiger partial charge is 0.416 e. The average molecular weight is 698 g/mol. The number of hydrogen-bond donors (Lipinski definition) is 2. The number of halogens is 4. The molecule has 258 valence electrons. The largest absolute Gasteiger partial charge is 0.504 e. The molecule has 1 spiro atoms. The van der Waals surface area contributed by atoms with E-state index in [0.29, 0.717) is 55.7 Å². The monoisotopic (exact) mass is 697 g/mol. The summed E-state index contributed by atoms with van der Waals surface area (Å²) in [5, 5.41) is 12.7. The average Bonchev–Trinajstić information content (AvgIpc) is 3.87. The lowest BCUT2D eigenvalue weighted by Crippen LogP contribution is -2.46. The normalized spacial score (nSPS) is 16.7. The number of benzene rings is 1. The van der Waals surface area contributed by atoms with Crippen LogP contribution in [0.25, 0.3) is 11.2 Å². The Morgan fingerprint density at radius 2 is 1.82 bits per heavy atom. The van der Waals surface area contributed by atoms with Gasteiger partial charge in [-0.1, -0.05) is 25.4 Å². The number of nitrogens with zero attached hydrogens (tertiary/aromatic N) is 6. The summed E-state index contributed by atoms with van der Waals surface area (Å²) >= 11 is 6.10. The quantitative estimate of drug-likeness (QED) is 0.261. The van der Waals surface area contributed by atoms with E-state index in [1.165, 1.54) is 6.33 Å². The third kappa shape index (κ3) is 6.33. The Bertz CT molecular complexity index is 2020. The van der Waals surface area contributed by atoms with Crippen LogP contribution in [0.1, 0.15) is 90.6 Å². The van der Waals surface area contributed by atoms with Crippen LogP contribution in [0, 0.1) is 6.92 Å². The van der Waals surface area contributed by atoms with Crippen molar-refractivity contribution in [3.8, 4) is 5.75 Å². The number of fused-ring (bicyclic) bond motifs is 3. The number of likely N-dealkylation sites (tertiary alicyclic amines) is 1. The number of amides is 2. The van der Waals surface area contributed by atoms with E-state index < -0.39 is 29.0 Å². The number of hydrogen-bond acceptors (Lipinski definition) is 8. The minimum absolute atomic E-state index is 0.0205. The van der Waals surface area contributed by atoms with Crippen molar-refractivity contribution in [1.29, 1.82) is 0 Å². The summed E-state index contributed by atoms with van der Waals surface area (Å²) in [5.74, 6) is -1.02. The van der Waals surface area contributed by atoms with E-state index in [1.54, 1.807) is 22.6 Å². The van der Waals surface area contributed by atoms with E-state index in [-0.39, 0.29) is 51.2 Å². The maximum absolute atomic E-state index is 14.2. The Labute approximate surface area is 284 Å². The van der Waals surface area contributed by atoms with Crippen LogP contribution in [0.3, 0.4) is 0 Å². The Kier molecular flexibility index (Phi) is 9.12. The van der Waals surface area contributed by atoms with Crippen molar-refractivity contribution in [3.63, 3.8) is 0 Å². The lowest BCUT2D eigenvalue weighted by molar-refractivity contribution is -0.137. The second kappa shape index (κ2) is 13.0. The van der Waals surface area contributed by atoms with E-state index in [0.717, 1.165) is 36.7 Å². The van der Waals surface area contributed by atoms with E-state index in [1.807, 2.05) is 13.8 Å². The van der Waals surface area contributed by atoms with Crippen molar-refractivity contribution in [3.05, 3.63) is 79.9 Å². The molecule has 3 aliphatic rings. The molecule has 7 rings (SSSR count). The third-order valence-electron chi connectivity index (χ3n) is 9.54. The minimum Gasteiger partial charge on any atom is -0.504 e.